The van der Waals surface area contributed by atoms with Gasteiger partial charge in [-0.05, 0) is 35.9 Å². The van der Waals surface area contributed by atoms with Gasteiger partial charge in [0.2, 0.25) is 5.54 Å². The summed E-state index contributed by atoms with van der Waals surface area (Å²) in [4.78, 5) is 50.2. The van der Waals surface area contributed by atoms with Crippen molar-refractivity contribution in [2.45, 2.75) is 5.54 Å². The smallest absolute Gasteiger partial charge is 0.328 e. The van der Waals surface area contributed by atoms with Crippen LogP contribution < -0.4 is 20.7 Å². The summed E-state index contributed by atoms with van der Waals surface area (Å²) in [7, 11) is 0. The minimum atomic E-state index is -2.11. The Morgan fingerprint density at radius 3 is 1.97 bits per heavy atom. The summed E-state index contributed by atoms with van der Waals surface area (Å²) >= 11 is 0. The maximum Gasteiger partial charge on any atom is 0.328 e. The number of carbonyl (C=O) groups is 4. The summed E-state index contributed by atoms with van der Waals surface area (Å²) in [6, 6.07) is 22.4. The molecule has 3 N–H and O–H groups in total. The Morgan fingerprint density at radius 2 is 1.32 bits per heavy atom. The van der Waals surface area contributed by atoms with Gasteiger partial charge in [0.1, 0.15) is 11.5 Å². The number of barbiturate groups is 1. The van der Waals surface area contributed by atoms with E-state index < -0.39 is 29.3 Å². The molecule has 1 aliphatic rings. The number of ether oxygens (including phenoxy) is 1. The van der Waals surface area contributed by atoms with Crippen LogP contribution in [0.15, 0.2) is 84.9 Å². The van der Waals surface area contributed by atoms with Crippen LogP contribution in [-0.2, 0) is 15.1 Å². The number of hydrogen-bond donors (Lipinski definition) is 3. The van der Waals surface area contributed by atoms with Crippen LogP contribution in [0.25, 0.3) is 0 Å². The number of hydrogen-bond acceptors (Lipinski definition) is 5. The van der Waals surface area contributed by atoms with Gasteiger partial charge in [0.05, 0.1) is 0 Å². The molecule has 1 saturated heterocycles. The predicted molar refractivity (Wildman–Crippen MR) is 110 cm³/mol. The van der Waals surface area contributed by atoms with Crippen molar-refractivity contribution in [1.29, 1.82) is 0 Å². The summed E-state index contributed by atoms with van der Waals surface area (Å²) < 4.78 is 5.74. The minimum absolute atomic E-state index is 0.168. The molecule has 8 heteroatoms. The van der Waals surface area contributed by atoms with Crippen LogP contribution in [0, 0.1) is 0 Å². The van der Waals surface area contributed by atoms with E-state index in [4.69, 9.17) is 4.74 Å². The maximum atomic E-state index is 13.1. The molecule has 0 spiro atoms. The quantitative estimate of drug-likeness (QED) is 0.554. The molecule has 3 aromatic carbocycles. The van der Waals surface area contributed by atoms with Crippen LogP contribution in [0.2, 0.25) is 0 Å². The van der Waals surface area contributed by atoms with E-state index in [-0.39, 0.29) is 11.1 Å². The lowest BCUT2D eigenvalue weighted by atomic mass is 9.86. The fraction of sp³-hybridized carbons (Fsp3) is 0.0435. The number of imide groups is 2. The summed E-state index contributed by atoms with van der Waals surface area (Å²) in [5.74, 6) is -1.59. The monoisotopic (exact) mass is 415 g/mol. The van der Waals surface area contributed by atoms with Gasteiger partial charge >= 0.3 is 6.03 Å². The molecule has 0 atom stereocenters. The molecular weight excluding hydrogens is 398 g/mol. The summed E-state index contributed by atoms with van der Waals surface area (Å²) in [5.41, 5.74) is -1.73. The number of nitrogens with one attached hydrogen (secondary N) is 3. The Balaban J connectivity index is 1.66. The second kappa shape index (κ2) is 8.11. The summed E-state index contributed by atoms with van der Waals surface area (Å²) in [6.45, 7) is 0. The number of carbonyl (C=O) groups excluding carboxylic acids is 4. The summed E-state index contributed by atoms with van der Waals surface area (Å²) in [6.07, 6.45) is 0. The lowest BCUT2D eigenvalue weighted by Crippen LogP contribution is -2.71. The highest BCUT2D eigenvalue weighted by Crippen LogP contribution is 2.26. The van der Waals surface area contributed by atoms with Gasteiger partial charge in [-0.25, -0.2) is 4.79 Å². The molecule has 4 rings (SSSR count). The molecule has 154 valence electrons. The molecule has 0 radical (unpaired) electrons. The Morgan fingerprint density at radius 1 is 0.742 bits per heavy atom. The van der Waals surface area contributed by atoms with E-state index >= 15 is 0 Å². The molecule has 1 aliphatic heterocycles. The van der Waals surface area contributed by atoms with Crippen LogP contribution in [0.4, 0.5) is 4.79 Å². The Kier molecular flexibility index (Phi) is 5.19. The molecule has 0 aliphatic carbocycles. The number of benzene rings is 3. The third-order valence-electron chi connectivity index (χ3n) is 4.72. The first kappa shape index (κ1) is 19.8. The van der Waals surface area contributed by atoms with Crippen molar-refractivity contribution in [2.75, 3.05) is 0 Å². The second-order valence-corrected chi connectivity index (χ2v) is 6.75. The van der Waals surface area contributed by atoms with Crippen LogP contribution >= 0.6 is 0 Å². The van der Waals surface area contributed by atoms with Crippen LogP contribution in [0.1, 0.15) is 15.9 Å². The lowest BCUT2D eigenvalue weighted by molar-refractivity contribution is -0.139. The third-order valence-corrected chi connectivity index (χ3v) is 4.72. The molecular formula is C23H17N3O5. The molecule has 0 unspecified atom stereocenters. The molecule has 0 bridgehead atoms. The molecule has 8 nitrogen and oxygen atoms in total. The van der Waals surface area contributed by atoms with E-state index in [1.165, 1.54) is 24.3 Å². The Labute approximate surface area is 177 Å². The zero-order chi connectivity index (χ0) is 21.8. The largest absolute Gasteiger partial charge is 0.457 e. The molecule has 1 fully saturated rings. The van der Waals surface area contributed by atoms with Crippen LogP contribution in [0.5, 0.6) is 11.5 Å². The number of para-hydroxylation sites is 1. The van der Waals surface area contributed by atoms with Crippen LogP contribution in [-0.4, -0.2) is 23.8 Å². The first-order chi connectivity index (χ1) is 15.0. The van der Waals surface area contributed by atoms with Gasteiger partial charge in [0.25, 0.3) is 17.7 Å². The topological polar surface area (TPSA) is 114 Å². The molecule has 5 amide bonds. The highest BCUT2D eigenvalue weighted by Gasteiger charge is 2.53. The SMILES string of the molecule is O=C1NC(=O)C(NC(=O)c2cccc(Oc3ccccc3)c2)(c2ccccc2)C(=O)N1. The second-order valence-electron chi connectivity index (χ2n) is 6.75. The maximum absolute atomic E-state index is 13.1. The standard InChI is InChI=1S/C23H17N3O5/c27-19(15-8-7-13-18(14-15)31-17-11-5-2-6-12-17)26-23(16-9-3-1-4-10-16)20(28)24-22(30)25-21(23)29/h1-14H,(H,26,27)(H2,24,25,28,29,30). The Hall–Kier alpha value is -4.46. The first-order valence-electron chi connectivity index (χ1n) is 9.37. The van der Waals surface area contributed by atoms with Crippen molar-refractivity contribution in [1.82, 2.24) is 16.0 Å². The van der Waals surface area contributed by atoms with Crippen molar-refractivity contribution in [2.24, 2.45) is 0 Å². The number of rotatable bonds is 5. The first-order valence-corrected chi connectivity index (χ1v) is 9.37. The summed E-state index contributed by atoms with van der Waals surface area (Å²) in [5, 5.41) is 6.61. The van der Waals surface area contributed by atoms with E-state index in [1.807, 2.05) is 18.2 Å². The van der Waals surface area contributed by atoms with E-state index in [0.29, 0.717) is 11.5 Å². The van der Waals surface area contributed by atoms with Crippen molar-refractivity contribution in [3.05, 3.63) is 96.1 Å². The van der Waals surface area contributed by atoms with Gasteiger partial charge in [-0.2, -0.15) is 0 Å². The van der Waals surface area contributed by atoms with E-state index in [9.17, 15) is 19.2 Å². The van der Waals surface area contributed by atoms with E-state index in [1.54, 1.807) is 42.5 Å². The Bertz CT molecular complexity index is 1140. The predicted octanol–water partition coefficient (Wildman–Crippen LogP) is 2.47. The highest BCUT2D eigenvalue weighted by atomic mass is 16.5. The normalized spacial score (nSPS) is 14.9. The van der Waals surface area contributed by atoms with Crippen molar-refractivity contribution < 1.29 is 23.9 Å². The van der Waals surface area contributed by atoms with E-state index in [2.05, 4.69) is 16.0 Å². The molecule has 0 aromatic heterocycles. The average molecular weight is 415 g/mol. The van der Waals surface area contributed by atoms with Gasteiger partial charge < -0.3 is 10.1 Å². The lowest BCUT2D eigenvalue weighted by Gasteiger charge is -2.34. The van der Waals surface area contributed by atoms with Crippen molar-refractivity contribution >= 4 is 23.8 Å². The van der Waals surface area contributed by atoms with Gasteiger partial charge in [-0.15, -0.1) is 0 Å². The van der Waals surface area contributed by atoms with Gasteiger partial charge in [0.15, 0.2) is 0 Å². The van der Waals surface area contributed by atoms with Crippen molar-refractivity contribution in [3.63, 3.8) is 0 Å². The van der Waals surface area contributed by atoms with Crippen LogP contribution in [0.3, 0.4) is 0 Å². The number of amides is 5. The molecule has 3 aromatic rings. The average Bonchev–Trinajstić information content (AvgIpc) is 2.77. The zero-order valence-corrected chi connectivity index (χ0v) is 16.1. The van der Waals surface area contributed by atoms with Gasteiger partial charge in [-0.3, -0.25) is 25.0 Å². The van der Waals surface area contributed by atoms with E-state index in [0.717, 1.165) is 0 Å². The van der Waals surface area contributed by atoms with Crippen molar-refractivity contribution in [3.8, 4) is 11.5 Å². The number of urea groups is 1. The molecule has 31 heavy (non-hydrogen) atoms. The third kappa shape index (κ3) is 3.86. The zero-order valence-electron chi connectivity index (χ0n) is 16.1. The highest BCUT2D eigenvalue weighted by molar-refractivity contribution is 6.24. The fourth-order valence-electron chi connectivity index (χ4n) is 3.23. The molecule has 0 saturated carbocycles. The van der Waals surface area contributed by atoms with Gasteiger partial charge in [-0.1, -0.05) is 54.6 Å². The minimum Gasteiger partial charge on any atom is -0.457 e. The molecule has 1 heterocycles. The van der Waals surface area contributed by atoms with Gasteiger partial charge in [0, 0.05) is 5.56 Å². The fourth-order valence-corrected chi connectivity index (χ4v) is 3.23.